The van der Waals surface area contributed by atoms with Gasteiger partial charge in [0.15, 0.2) is 5.69 Å². The molecule has 1 fully saturated rings. The van der Waals surface area contributed by atoms with Crippen LogP contribution in [-0.4, -0.2) is 39.0 Å². The molecule has 8 nitrogen and oxygen atoms in total. The van der Waals surface area contributed by atoms with Crippen LogP contribution in [-0.2, 0) is 0 Å². The fraction of sp³-hybridized carbons (Fsp3) is 0.368. The lowest BCUT2D eigenvalue weighted by molar-refractivity contribution is 0.102. The molecule has 9 heteroatoms. The first-order valence-electron chi connectivity index (χ1n) is 9.08. The topological polar surface area (TPSA) is 97.9 Å². The maximum atomic E-state index is 12.7. The first-order valence-corrected chi connectivity index (χ1v) is 9.08. The molecule has 0 unspecified atom stereocenters. The Labute approximate surface area is 169 Å². The Hall–Kier alpha value is -2.71. The van der Waals surface area contributed by atoms with E-state index in [1.165, 1.54) is 6.26 Å². The lowest BCUT2D eigenvalue weighted by Gasteiger charge is -2.23. The largest absolute Gasteiger partial charge is 0.445 e. The smallest absolute Gasteiger partial charge is 0.278 e. The van der Waals surface area contributed by atoms with Gasteiger partial charge in [-0.15, -0.1) is 17.5 Å². The Kier molecular flexibility index (Phi) is 6.11. The minimum atomic E-state index is -0.269. The van der Waals surface area contributed by atoms with Gasteiger partial charge in [-0.1, -0.05) is 11.3 Å². The van der Waals surface area contributed by atoms with Crippen LogP contribution in [0.3, 0.4) is 0 Å². The van der Waals surface area contributed by atoms with Crippen LogP contribution in [0, 0.1) is 13.8 Å². The molecule has 2 N–H and O–H groups in total. The third-order valence-electron chi connectivity index (χ3n) is 4.96. The number of nitrogens with one attached hydrogen (secondary N) is 2. The second kappa shape index (κ2) is 8.53. The van der Waals surface area contributed by atoms with Gasteiger partial charge in [0.2, 0.25) is 5.89 Å². The van der Waals surface area contributed by atoms with Gasteiger partial charge in [0.1, 0.15) is 6.26 Å². The van der Waals surface area contributed by atoms with E-state index in [0.717, 1.165) is 42.8 Å². The van der Waals surface area contributed by atoms with E-state index in [1.54, 1.807) is 6.20 Å². The van der Waals surface area contributed by atoms with E-state index in [2.05, 4.69) is 25.9 Å². The average Bonchev–Trinajstić information content (AvgIpc) is 3.34. The summed E-state index contributed by atoms with van der Waals surface area (Å²) in [6, 6.07) is 5.92. The number of halogens is 1. The number of amides is 1. The van der Waals surface area contributed by atoms with Gasteiger partial charge in [0.25, 0.3) is 5.91 Å². The quantitative estimate of drug-likeness (QED) is 0.695. The lowest BCUT2D eigenvalue weighted by Crippen LogP contribution is -2.30. The van der Waals surface area contributed by atoms with E-state index >= 15 is 0 Å². The van der Waals surface area contributed by atoms with Crippen molar-refractivity contribution in [3.8, 4) is 11.5 Å². The standard InChI is InChI=1S/C19H22N6O2.ClH/c1-12-3-4-14(11-16(12)19-21-9-10-27-19)22-18(26)17-13(2)25(24-23-17)15-5-7-20-8-6-15;/h3-4,9-11,15,20H,5-8H2,1-2H3,(H,22,26);1H. The van der Waals surface area contributed by atoms with Crippen LogP contribution in [0.2, 0.25) is 0 Å². The molecule has 1 amide bonds. The summed E-state index contributed by atoms with van der Waals surface area (Å²) in [6.45, 7) is 5.78. The van der Waals surface area contributed by atoms with Crippen LogP contribution < -0.4 is 10.6 Å². The third kappa shape index (κ3) is 3.93. The second-order valence-corrected chi connectivity index (χ2v) is 6.77. The highest BCUT2D eigenvalue weighted by atomic mass is 35.5. The van der Waals surface area contributed by atoms with Gasteiger partial charge < -0.3 is 15.1 Å². The number of piperidine rings is 1. The fourth-order valence-electron chi connectivity index (χ4n) is 3.43. The van der Waals surface area contributed by atoms with E-state index in [0.29, 0.717) is 17.3 Å². The molecule has 0 spiro atoms. The average molecular weight is 403 g/mol. The highest BCUT2D eigenvalue weighted by molar-refractivity contribution is 6.03. The van der Waals surface area contributed by atoms with Crippen molar-refractivity contribution >= 4 is 24.0 Å². The minimum absolute atomic E-state index is 0. The Morgan fingerprint density at radius 1 is 1.29 bits per heavy atom. The summed E-state index contributed by atoms with van der Waals surface area (Å²) in [5, 5.41) is 14.6. The van der Waals surface area contributed by atoms with Crippen molar-refractivity contribution < 1.29 is 9.21 Å². The third-order valence-corrected chi connectivity index (χ3v) is 4.96. The Morgan fingerprint density at radius 2 is 2.07 bits per heavy atom. The number of carbonyl (C=O) groups is 1. The van der Waals surface area contributed by atoms with Crippen LogP contribution in [0.5, 0.6) is 0 Å². The Morgan fingerprint density at radius 3 is 2.79 bits per heavy atom. The van der Waals surface area contributed by atoms with Gasteiger partial charge >= 0.3 is 0 Å². The van der Waals surface area contributed by atoms with E-state index in [9.17, 15) is 4.79 Å². The summed E-state index contributed by atoms with van der Waals surface area (Å²) in [6.07, 6.45) is 5.11. The van der Waals surface area contributed by atoms with Crippen molar-refractivity contribution in [2.45, 2.75) is 32.7 Å². The van der Waals surface area contributed by atoms with Gasteiger partial charge in [0.05, 0.1) is 17.9 Å². The molecule has 1 saturated heterocycles. The molecule has 1 aliphatic heterocycles. The number of benzene rings is 1. The molecule has 28 heavy (non-hydrogen) atoms. The van der Waals surface area contributed by atoms with E-state index < -0.39 is 0 Å². The number of hydrogen-bond acceptors (Lipinski definition) is 6. The maximum absolute atomic E-state index is 12.7. The van der Waals surface area contributed by atoms with Gasteiger partial charge in [-0.25, -0.2) is 9.67 Å². The Balaban J connectivity index is 0.00000225. The molecule has 0 radical (unpaired) electrons. The van der Waals surface area contributed by atoms with Crippen molar-refractivity contribution in [2.24, 2.45) is 0 Å². The predicted molar refractivity (Wildman–Crippen MR) is 108 cm³/mol. The van der Waals surface area contributed by atoms with Crippen molar-refractivity contribution in [3.63, 3.8) is 0 Å². The van der Waals surface area contributed by atoms with Crippen LogP contribution in [0.15, 0.2) is 35.1 Å². The van der Waals surface area contributed by atoms with Gasteiger partial charge in [-0.3, -0.25) is 4.79 Å². The molecular formula is C19H23ClN6O2. The summed E-state index contributed by atoms with van der Waals surface area (Å²) >= 11 is 0. The summed E-state index contributed by atoms with van der Waals surface area (Å²) < 4.78 is 7.26. The number of nitrogens with zero attached hydrogens (tertiary/aromatic N) is 4. The van der Waals surface area contributed by atoms with E-state index in [-0.39, 0.29) is 24.4 Å². The van der Waals surface area contributed by atoms with Crippen molar-refractivity contribution in [2.75, 3.05) is 18.4 Å². The molecule has 0 atom stereocenters. The van der Waals surface area contributed by atoms with Crippen LogP contribution in [0.25, 0.3) is 11.5 Å². The molecule has 1 aliphatic rings. The summed E-state index contributed by atoms with van der Waals surface area (Å²) in [5.41, 5.74) is 3.66. The predicted octanol–water partition coefficient (Wildman–Crippen LogP) is 3.15. The van der Waals surface area contributed by atoms with Crippen LogP contribution in [0.1, 0.15) is 40.6 Å². The zero-order valence-corrected chi connectivity index (χ0v) is 16.6. The molecule has 2 aromatic heterocycles. The monoisotopic (exact) mass is 402 g/mol. The van der Waals surface area contributed by atoms with Gasteiger partial charge in [-0.2, -0.15) is 0 Å². The number of anilines is 1. The number of carbonyl (C=O) groups excluding carboxylic acids is 1. The summed E-state index contributed by atoms with van der Waals surface area (Å²) in [4.78, 5) is 16.9. The fourth-order valence-corrected chi connectivity index (χ4v) is 3.43. The number of rotatable bonds is 4. The molecule has 1 aromatic carbocycles. The highest BCUT2D eigenvalue weighted by Gasteiger charge is 2.23. The van der Waals surface area contributed by atoms with Crippen LogP contribution in [0.4, 0.5) is 5.69 Å². The molecule has 3 aromatic rings. The normalized spacial score (nSPS) is 14.5. The van der Waals surface area contributed by atoms with Crippen molar-refractivity contribution in [1.82, 2.24) is 25.3 Å². The number of aromatic nitrogens is 4. The summed E-state index contributed by atoms with van der Waals surface area (Å²) in [7, 11) is 0. The van der Waals surface area contributed by atoms with E-state index in [4.69, 9.17) is 4.42 Å². The first-order chi connectivity index (χ1) is 13.1. The zero-order chi connectivity index (χ0) is 18.8. The Bertz CT molecular complexity index is 947. The molecular weight excluding hydrogens is 380 g/mol. The SMILES string of the molecule is Cc1ccc(NC(=O)c2nnn(C3CCNCC3)c2C)cc1-c1ncco1.Cl. The second-order valence-electron chi connectivity index (χ2n) is 6.77. The van der Waals surface area contributed by atoms with Crippen LogP contribution >= 0.6 is 12.4 Å². The van der Waals surface area contributed by atoms with Gasteiger partial charge in [-0.05, 0) is 57.5 Å². The number of hydrogen-bond donors (Lipinski definition) is 2. The maximum Gasteiger partial charge on any atom is 0.278 e. The van der Waals surface area contributed by atoms with Gasteiger partial charge in [0, 0.05) is 11.3 Å². The van der Waals surface area contributed by atoms with Crippen molar-refractivity contribution in [3.05, 3.63) is 47.6 Å². The minimum Gasteiger partial charge on any atom is -0.445 e. The van der Waals surface area contributed by atoms with Crippen molar-refractivity contribution in [1.29, 1.82) is 0 Å². The molecule has 3 heterocycles. The van der Waals surface area contributed by atoms with E-state index in [1.807, 2.05) is 36.7 Å². The molecule has 0 aliphatic carbocycles. The molecule has 0 saturated carbocycles. The lowest BCUT2D eigenvalue weighted by atomic mass is 10.1. The molecule has 0 bridgehead atoms. The molecule has 4 rings (SSSR count). The highest BCUT2D eigenvalue weighted by Crippen LogP contribution is 2.26. The molecule has 148 valence electrons. The summed E-state index contributed by atoms with van der Waals surface area (Å²) in [5.74, 6) is 0.256. The number of oxazole rings is 1. The zero-order valence-electron chi connectivity index (χ0n) is 15.8. The first kappa shape index (κ1) is 20.0. The number of aryl methyl sites for hydroxylation is 1.